The number of carbonyl (C=O) groups excluding carboxylic acids is 1. The third-order valence-electron chi connectivity index (χ3n) is 2.11. The van der Waals surface area contributed by atoms with Crippen molar-refractivity contribution in [1.29, 1.82) is 0 Å². The van der Waals surface area contributed by atoms with E-state index in [1.165, 1.54) is 6.20 Å². The number of benzene rings is 1. The Morgan fingerprint density at radius 2 is 2.14 bits per heavy atom. The van der Waals surface area contributed by atoms with Crippen LogP contribution in [0.15, 0.2) is 35.0 Å². The van der Waals surface area contributed by atoms with Crippen molar-refractivity contribution in [3.63, 3.8) is 0 Å². The molecule has 2 aromatic rings. The average Bonchev–Trinajstić information content (AvgIpc) is 2.66. The summed E-state index contributed by atoms with van der Waals surface area (Å²) in [5, 5.41) is 3.60. The van der Waals surface area contributed by atoms with Gasteiger partial charge in [0.15, 0.2) is 12.0 Å². The molecule has 2 rings (SSSR count). The van der Waals surface area contributed by atoms with Gasteiger partial charge in [-0.05, 0) is 12.5 Å². The van der Waals surface area contributed by atoms with Gasteiger partial charge in [0.25, 0.3) is 0 Å². The fourth-order valence-electron chi connectivity index (χ4n) is 1.36. The van der Waals surface area contributed by atoms with Crippen LogP contribution in [0, 0.1) is 6.92 Å². The molecule has 0 saturated carbocycles. The molecule has 0 aliphatic heterocycles. The molecular formula is C11H9NO2. The minimum atomic E-state index is 0.485. The molecule has 0 atom stereocenters. The van der Waals surface area contributed by atoms with Crippen molar-refractivity contribution in [3.8, 4) is 11.3 Å². The summed E-state index contributed by atoms with van der Waals surface area (Å²) >= 11 is 0. The van der Waals surface area contributed by atoms with Gasteiger partial charge in [-0.25, -0.2) is 0 Å². The summed E-state index contributed by atoms with van der Waals surface area (Å²) in [4.78, 5) is 10.7. The molecular weight excluding hydrogens is 178 g/mol. The van der Waals surface area contributed by atoms with Crippen LogP contribution in [0.1, 0.15) is 15.9 Å². The van der Waals surface area contributed by atoms with E-state index in [2.05, 4.69) is 5.16 Å². The molecule has 0 spiro atoms. The highest BCUT2D eigenvalue weighted by Crippen LogP contribution is 2.25. The summed E-state index contributed by atoms with van der Waals surface area (Å²) < 4.78 is 5.04. The minimum absolute atomic E-state index is 0.485. The van der Waals surface area contributed by atoms with Gasteiger partial charge in [-0.2, -0.15) is 0 Å². The zero-order valence-corrected chi connectivity index (χ0v) is 7.73. The van der Waals surface area contributed by atoms with Gasteiger partial charge >= 0.3 is 0 Å². The Kier molecular flexibility index (Phi) is 2.14. The van der Waals surface area contributed by atoms with Crippen LogP contribution in [-0.2, 0) is 0 Å². The van der Waals surface area contributed by atoms with Crippen molar-refractivity contribution in [3.05, 3.63) is 41.6 Å². The van der Waals surface area contributed by atoms with E-state index in [4.69, 9.17) is 4.52 Å². The van der Waals surface area contributed by atoms with E-state index in [1.54, 1.807) is 0 Å². The van der Waals surface area contributed by atoms with Gasteiger partial charge < -0.3 is 4.52 Å². The number of aromatic nitrogens is 1. The zero-order chi connectivity index (χ0) is 9.97. The number of aryl methyl sites for hydroxylation is 1. The van der Waals surface area contributed by atoms with Crippen molar-refractivity contribution in [2.24, 2.45) is 0 Å². The lowest BCUT2D eigenvalue weighted by atomic mass is 10.0. The predicted molar refractivity (Wildman–Crippen MR) is 52.1 cm³/mol. The number of hydrogen-bond acceptors (Lipinski definition) is 3. The molecule has 14 heavy (non-hydrogen) atoms. The molecule has 0 radical (unpaired) electrons. The van der Waals surface area contributed by atoms with E-state index in [-0.39, 0.29) is 0 Å². The Bertz CT molecular complexity index is 460. The van der Waals surface area contributed by atoms with Crippen LogP contribution >= 0.6 is 0 Å². The van der Waals surface area contributed by atoms with Gasteiger partial charge in [0, 0.05) is 5.56 Å². The Balaban J connectivity index is 2.60. The first kappa shape index (κ1) is 8.69. The first-order valence-electron chi connectivity index (χ1n) is 4.29. The smallest absolute Gasteiger partial charge is 0.177 e. The lowest BCUT2D eigenvalue weighted by Crippen LogP contribution is -1.84. The van der Waals surface area contributed by atoms with Gasteiger partial charge in [0.05, 0.1) is 11.8 Å². The molecule has 0 N–H and O–H groups in total. The summed E-state index contributed by atoms with van der Waals surface area (Å²) in [5.74, 6) is 0.540. The molecule has 0 fully saturated rings. The van der Waals surface area contributed by atoms with Crippen LogP contribution in [0.3, 0.4) is 0 Å². The van der Waals surface area contributed by atoms with Crippen LogP contribution in [0.2, 0.25) is 0 Å². The van der Waals surface area contributed by atoms with E-state index >= 15 is 0 Å². The van der Waals surface area contributed by atoms with E-state index in [9.17, 15) is 4.79 Å². The van der Waals surface area contributed by atoms with Crippen LogP contribution in [0.25, 0.3) is 11.3 Å². The van der Waals surface area contributed by atoms with Gasteiger partial charge in [-0.1, -0.05) is 29.4 Å². The SMILES string of the molecule is Cc1ccccc1-c1oncc1C=O. The Morgan fingerprint density at radius 1 is 1.36 bits per heavy atom. The second-order valence-electron chi connectivity index (χ2n) is 3.04. The van der Waals surface area contributed by atoms with Gasteiger partial charge in [0.1, 0.15) is 0 Å². The number of aldehydes is 1. The normalized spacial score (nSPS) is 10.1. The number of hydrogen-bond donors (Lipinski definition) is 0. The maximum atomic E-state index is 10.7. The summed E-state index contributed by atoms with van der Waals surface area (Å²) in [5.41, 5.74) is 2.46. The summed E-state index contributed by atoms with van der Waals surface area (Å²) in [6.45, 7) is 1.96. The summed E-state index contributed by atoms with van der Waals surface area (Å²) in [7, 11) is 0. The number of nitrogens with zero attached hydrogens (tertiary/aromatic N) is 1. The Hall–Kier alpha value is -1.90. The van der Waals surface area contributed by atoms with E-state index in [1.807, 2.05) is 31.2 Å². The second kappa shape index (κ2) is 3.46. The lowest BCUT2D eigenvalue weighted by Gasteiger charge is -2.00. The second-order valence-corrected chi connectivity index (χ2v) is 3.04. The maximum absolute atomic E-state index is 10.7. The molecule has 0 amide bonds. The Labute approximate surface area is 81.3 Å². The molecule has 0 aliphatic rings. The van der Waals surface area contributed by atoms with Crippen LogP contribution in [0.5, 0.6) is 0 Å². The first-order valence-corrected chi connectivity index (χ1v) is 4.29. The quantitative estimate of drug-likeness (QED) is 0.678. The van der Waals surface area contributed by atoms with Crippen LogP contribution in [-0.4, -0.2) is 11.4 Å². The molecule has 0 saturated heterocycles. The maximum Gasteiger partial charge on any atom is 0.177 e. The van der Waals surface area contributed by atoms with Crippen LogP contribution < -0.4 is 0 Å². The zero-order valence-electron chi connectivity index (χ0n) is 7.73. The molecule has 1 heterocycles. The standard InChI is InChI=1S/C11H9NO2/c1-8-4-2-3-5-10(8)11-9(7-13)6-12-14-11/h2-7H,1H3. The van der Waals surface area contributed by atoms with Gasteiger partial charge in [-0.3, -0.25) is 4.79 Å². The summed E-state index contributed by atoms with van der Waals surface area (Å²) in [6.07, 6.45) is 2.17. The fraction of sp³-hybridized carbons (Fsp3) is 0.0909. The van der Waals surface area contributed by atoms with Crippen molar-refractivity contribution in [1.82, 2.24) is 5.16 Å². The number of rotatable bonds is 2. The Morgan fingerprint density at radius 3 is 2.86 bits per heavy atom. The van der Waals surface area contributed by atoms with Crippen molar-refractivity contribution in [2.45, 2.75) is 6.92 Å². The fourth-order valence-corrected chi connectivity index (χ4v) is 1.36. The van der Waals surface area contributed by atoms with Crippen LogP contribution in [0.4, 0.5) is 0 Å². The van der Waals surface area contributed by atoms with E-state index in [0.29, 0.717) is 11.3 Å². The minimum Gasteiger partial charge on any atom is -0.356 e. The molecule has 1 aromatic heterocycles. The monoisotopic (exact) mass is 187 g/mol. The highest BCUT2D eigenvalue weighted by atomic mass is 16.5. The topological polar surface area (TPSA) is 43.1 Å². The third kappa shape index (κ3) is 1.33. The highest BCUT2D eigenvalue weighted by molar-refractivity contribution is 5.85. The predicted octanol–water partition coefficient (Wildman–Crippen LogP) is 2.46. The number of carbonyl (C=O) groups is 1. The molecule has 3 nitrogen and oxygen atoms in total. The summed E-state index contributed by atoms with van der Waals surface area (Å²) in [6, 6.07) is 7.71. The molecule has 0 aliphatic carbocycles. The van der Waals surface area contributed by atoms with E-state index < -0.39 is 0 Å². The highest BCUT2D eigenvalue weighted by Gasteiger charge is 2.11. The molecule has 0 unspecified atom stereocenters. The van der Waals surface area contributed by atoms with Gasteiger partial charge in [0.2, 0.25) is 0 Å². The van der Waals surface area contributed by atoms with Crippen molar-refractivity contribution < 1.29 is 9.32 Å². The molecule has 3 heteroatoms. The molecule has 0 bridgehead atoms. The van der Waals surface area contributed by atoms with Crippen molar-refractivity contribution >= 4 is 6.29 Å². The van der Waals surface area contributed by atoms with Crippen molar-refractivity contribution in [2.75, 3.05) is 0 Å². The average molecular weight is 187 g/mol. The largest absolute Gasteiger partial charge is 0.356 e. The van der Waals surface area contributed by atoms with Gasteiger partial charge in [-0.15, -0.1) is 0 Å². The molecule has 70 valence electrons. The van der Waals surface area contributed by atoms with E-state index in [0.717, 1.165) is 17.4 Å². The first-order chi connectivity index (χ1) is 6.83. The third-order valence-corrected chi connectivity index (χ3v) is 2.11. The molecule has 1 aromatic carbocycles. The lowest BCUT2D eigenvalue weighted by molar-refractivity contribution is 0.112.